The summed E-state index contributed by atoms with van der Waals surface area (Å²) in [5.41, 5.74) is 2.54. The smallest absolute Gasteiger partial charge is 0.117 e. The van der Waals surface area contributed by atoms with Crippen molar-refractivity contribution in [2.24, 2.45) is 10.2 Å². The monoisotopic (exact) mass is 269 g/mol. The predicted octanol–water partition coefficient (Wildman–Crippen LogP) is 0.863. The van der Waals surface area contributed by atoms with Gasteiger partial charge in [0, 0.05) is 25.5 Å². The molecule has 0 saturated carbocycles. The third-order valence-electron chi connectivity index (χ3n) is 3.19. The molecule has 0 atom stereocenters. The van der Waals surface area contributed by atoms with Crippen molar-refractivity contribution < 1.29 is 0 Å². The van der Waals surface area contributed by atoms with Crippen molar-refractivity contribution in [1.82, 2.24) is 10.0 Å². The van der Waals surface area contributed by atoms with Gasteiger partial charge in [0.15, 0.2) is 0 Å². The fourth-order valence-corrected chi connectivity index (χ4v) is 2.18. The summed E-state index contributed by atoms with van der Waals surface area (Å²) in [6, 6.07) is 7.98. The highest BCUT2D eigenvalue weighted by Crippen LogP contribution is 2.26. The van der Waals surface area contributed by atoms with Gasteiger partial charge in [0.2, 0.25) is 0 Å². The molecule has 1 aromatic carbocycles. The Labute approximate surface area is 117 Å². The van der Waals surface area contributed by atoms with Crippen LogP contribution in [0.25, 0.3) is 0 Å². The van der Waals surface area contributed by atoms with Gasteiger partial charge in [0.05, 0.1) is 11.6 Å². The number of hydrogen-bond acceptors (Lipinski definition) is 7. The van der Waals surface area contributed by atoms with Crippen LogP contribution >= 0.6 is 0 Å². The first kappa shape index (κ1) is 12.3. The lowest BCUT2D eigenvalue weighted by molar-refractivity contribution is 0.392. The normalized spacial score (nSPS) is 17.2. The maximum absolute atomic E-state index is 9.20. The van der Waals surface area contributed by atoms with Crippen molar-refractivity contribution in [2.75, 3.05) is 37.2 Å². The van der Waals surface area contributed by atoms with Crippen molar-refractivity contribution in [3.05, 3.63) is 23.8 Å². The first-order valence-electron chi connectivity index (χ1n) is 6.25. The van der Waals surface area contributed by atoms with Crippen molar-refractivity contribution in [1.29, 1.82) is 5.26 Å². The fraction of sp³-hybridized carbons (Fsp3) is 0.308. The maximum Gasteiger partial charge on any atom is 0.117 e. The third kappa shape index (κ3) is 2.23. The van der Waals surface area contributed by atoms with Crippen molar-refractivity contribution in [3.63, 3.8) is 0 Å². The summed E-state index contributed by atoms with van der Waals surface area (Å²) in [6.07, 6.45) is 3.54. The van der Waals surface area contributed by atoms with Crippen LogP contribution in [0.3, 0.4) is 0 Å². The van der Waals surface area contributed by atoms with Gasteiger partial charge in [0.1, 0.15) is 26.0 Å². The van der Waals surface area contributed by atoms with Crippen LogP contribution in [0.4, 0.5) is 11.4 Å². The van der Waals surface area contributed by atoms with Crippen molar-refractivity contribution in [2.45, 2.75) is 0 Å². The van der Waals surface area contributed by atoms with Crippen LogP contribution in [0.15, 0.2) is 28.4 Å². The first-order valence-corrected chi connectivity index (χ1v) is 6.25. The van der Waals surface area contributed by atoms with Crippen LogP contribution in [-0.4, -0.2) is 50.1 Å². The minimum atomic E-state index is 0.628. The Hall–Kier alpha value is -2.75. The third-order valence-corrected chi connectivity index (χ3v) is 3.19. The molecule has 0 spiro atoms. The highest BCUT2D eigenvalue weighted by atomic mass is 15.6. The number of anilines is 2. The van der Waals surface area contributed by atoms with Crippen LogP contribution < -0.4 is 9.80 Å². The average Bonchev–Trinajstić information content (AvgIpc) is 3.07. The minimum absolute atomic E-state index is 0.628. The molecule has 0 aliphatic carbocycles. The molecular weight excluding hydrogens is 254 g/mol. The van der Waals surface area contributed by atoms with Crippen molar-refractivity contribution >= 4 is 24.1 Å². The number of hydrazone groups is 2. The molecule has 0 radical (unpaired) electrons. The number of benzene rings is 1. The highest BCUT2D eigenvalue weighted by molar-refractivity contribution is 5.86. The quantitative estimate of drug-likeness (QED) is 0.797. The summed E-state index contributed by atoms with van der Waals surface area (Å²) >= 11 is 0. The van der Waals surface area contributed by atoms with E-state index in [0.29, 0.717) is 18.9 Å². The Kier molecular flexibility index (Phi) is 2.91. The van der Waals surface area contributed by atoms with E-state index in [-0.39, 0.29) is 0 Å². The van der Waals surface area contributed by atoms with Crippen LogP contribution in [0.2, 0.25) is 0 Å². The highest BCUT2D eigenvalue weighted by Gasteiger charge is 2.17. The summed E-state index contributed by atoms with van der Waals surface area (Å²) < 4.78 is 0. The molecule has 2 aliphatic rings. The lowest BCUT2D eigenvalue weighted by Gasteiger charge is -2.21. The molecule has 7 nitrogen and oxygen atoms in total. The van der Waals surface area contributed by atoms with Gasteiger partial charge in [-0.3, -0.25) is 10.0 Å². The van der Waals surface area contributed by atoms with E-state index in [1.165, 1.54) is 0 Å². The summed E-state index contributed by atoms with van der Waals surface area (Å²) in [4.78, 5) is 4.00. The summed E-state index contributed by atoms with van der Waals surface area (Å²) in [6.45, 7) is 1.37. The summed E-state index contributed by atoms with van der Waals surface area (Å²) in [7, 11) is 3.82. The topological polar surface area (TPSA) is 61.5 Å². The molecule has 1 aromatic rings. The van der Waals surface area contributed by atoms with Gasteiger partial charge >= 0.3 is 0 Å². The summed E-state index contributed by atoms with van der Waals surface area (Å²) in [5.74, 6) is 0. The Morgan fingerprint density at radius 1 is 0.950 bits per heavy atom. The zero-order chi connectivity index (χ0) is 14.1. The predicted molar refractivity (Wildman–Crippen MR) is 78.4 cm³/mol. The Balaban J connectivity index is 1.94. The van der Waals surface area contributed by atoms with Gasteiger partial charge in [-0.2, -0.15) is 15.5 Å². The molecule has 0 saturated heterocycles. The molecule has 20 heavy (non-hydrogen) atoms. The number of nitrogens with zero attached hydrogens (tertiary/aromatic N) is 7. The van der Waals surface area contributed by atoms with Gasteiger partial charge in [-0.25, -0.2) is 0 Å². The molecule has 0 amide bonds. The molecule has 0 aromatic heterocycles. The van der Waals surface area contributed by atoms with Crippen LogP contribution in [0.5, 0.6) is 0 Å². The van der Waals surface area contributed by atoms with E-state index in [0.717, 1.165) is 11.4 Å². The molecule has 0 bridgehead atoms. The van der Waals surface area contributed by atoms with E-state index in [1.54, 1.807) is 12.7 Å². The van der Waals surface area contributed by atoms with Crippen LogP contribution in [-0.2, 0) is 0 Å². The van der Waals surface area contributed by atoms with Gasteiger partial charge < -0.3 is 9.80 Å². The number of rotatable bonds is 2. The second-order valence-corrected chi connectivity index (χ2v) is 4.85. The van der Waals surface area contributed by atoms with Gasteiger partial charge in [-0.15, -0.1) is 0 Å². The zero-order valence-electron chi connectivity index (χ0n) is 11.4. The van der Waals surface area contributed by atoms with E-state index in [1.807, 2.05) is 52.1 Å². The molecule has 102 valence electrons. The van der Waals surface area contributed by atoms with Gasteiger partial charge in [0.25, 0.3) is 0 Å². The first-order chi connectivity index (χ1) is 9.65. The SMILES string of the molecule is CN1CN(c2cc(C#N)cc(N3C=NN(C)C3)c2)C=N1. The van der Waals surface area contributed by atoms with Crippen molar-refractivity contribution in [3.8, 4) is 6.07 Å². The molecule has 7 heteroatoms. The van der Waals surface area contributed by atoms with Crippen LogP contribution in [0.1, 0.15) is 5.56 Å². The minimum Gasteiger partial charge on any atom is -0.311 e. The van der Waals surface area contributed by atoms with E-state index in [9.17, 15) is 5.26 Å². The average molecular weight is 269 g/mol. The fourth-order valence-electron chi connectivity index (χ4n) is 2.18. The second kappa shape index (κ2) is 4.74. The lowest BCUT2D eigenvalue weighted by atomic mass is 10.1. The van der Waals surface area contributed by atoms with E-state index in [4.69, 9.17) is 0 Å². The lowest BCUT2D eigenvalue weighted by Crippen LogP contribution is -2.26. The largest absolute Gasteiger partial charge is 0.311 e. The summed E-state index contributed by atoms with van der Waals surface area (Å²) in [5, 5.41) is 21.3. The Morgan fingerprint density at radius 2 is 1.45 bits per heavy atom. The van der Waals surface area contributed by atoms with E-state index < -0.39 is 0 Å². The molecule has 2 heterocycles. The molecule has 0 fully saturated rings. The standard InChI is InChI=1S/C13H15N7/c1-17-9-19(7-15-17)12-3-11(6-14)4-13(5-12)20-8-16-18(2)10-20/h3-5,7-8H,9-10H2,1-2H3. The maximum atomic E-state index is 9.20. The molecule has 2 aliphatic heterocycles. The zero-order valence-corrected chi connectivity index (χ0v) is 11.4. The van der Waals surface area contributed by atoms with E-state index in [2.05, 4.69) is 16.3 Å². The Morgan fingerprint density at radius 3 is 1.80 bits per heavy atom. The second-order valence-electron chi connectivity index (χ2n) is 4.85. The van der Waals surface area contributed by atoms with Gasteiger partial charge in [-0.05, 0) is 18.2 Å². The van der Waals surface area contributed by atoms with E-state index >= 15 is 0 Å². The van der Waals surface area contributed by atoms with Crippen LogP contribution in [0, 0.1) is 11.3 Å². The Bertz CT molecular complexity index is 571. The van der Waals surface area contributed by atoms with Gasteiger partial charge in [-0.1, -0.05) is 0 Å². The number of hydrogen-bond donors (Lipinski definition) is 0. The molecule has 3 rings (SSSR count). The molecule has 0 unspecified atom stereocenters. The number of nitriles is 1. The molecule has 0 N–H and O–H groups in total. The molecular formula is C13H15N7.